The molecule has 0 amide bonds. The number of aliphatic hydroxyl groups excluding tert-OH is 1. The van der Waals surface area contributed by atoms with Crippen LogP contribution in [0.4, 0.5) is 8.78 Å². The lowest BCUT2D eigenvalue weighted by Crippen LogP contribution is -2.32. The van der Waals surface area contributed by atoms with Gasteiger partial charge in [0.2, 0.25) is 0 Å². The Hall–Kier alpha value is -1.00. The first-order valence-corrected chi connectivity index (χ1v) is 4.86. The molecule has 4 heteroatoms. The normalized spacial score (nSPS) is 15.0. The Labute approximate surface area is 87.9 Å². The summed E-state index contributed by atoms with van der Waals surface area (Å²) in [7, 11) is 0. The minimum absolute atomic E-state index is 0.0404. The Morgan fingerprint density at radius 2 is 2.00 bits per heavy atom. The number of halogens is 2. The van der Waals surface area contributed by atoms with Crippen molar-refractivity contribution in [1.82, 2.24) is 5.32 Å². The van der Waals surface area contributed by atoms with Gasteiger partial charge in [0.1, 0.15) is 11.6 Å². The topological polar surface area (TPSA) is 32.3 Å². The standard InChI is InChI=1S/C11H15F2NO/c1-7(6-15)14-8(2)10-5-9(12)3-4-11(10)13/h3-5,7-8,14-15H,6H2,1-2H3/t7-,8-/m1/s1. The number of aliphatic hydroxyl groups is 1. The SMILES string of the molecule is C[C@H](CO)N[C@H](C)c1cc(F)ccc1F. The maximum Gasteiger partial charge on any atom is 0.128 e. The van der Waals surface area contributed by atoms with E-state index in [0.29, 0.717) is 0 Å². The van der Waals surface area contributed by atoms with Crippen LogP contribution >= 0.6 is 0 Å². The van der Waals surface area contributed by atoms with E-state index in [-0.39, 0.29) is 24.3 Å². The largest absolute Gasteiger partial charge is 0.395 e. The summed E-state index contributed by atoms with van der Waals surface area (Å²) in [5, 5.41) is 11.8. The average Bonchev–Trinajstić information content (AvgIpc) is 2.21. The molecule has 0 spiro atoms. The zero-order valence-corrected chi connectivity index (χ0v) is 8.80. The van der Waals surface area contributed by atoms with Gasteiger partial charge in [-0.15, -0.1) is 0 Å². The third-order valence-electron chi connectivity index (χ3n) is 2.23. The van der Waals surface area contributed by atoms with E-state index in [2.05, 4.69) is 5.32 Å². The zero-order chi connectivity index (χ0) is 11.4. The van der Waals surface area contributed by atoms with Gasteiger partial charge in [0.25, 0.3) is 0 Å². The molecule has 2 N–H and O–H groups in total. The third-order valence-corrected chi connectivity index (χ3v) is 2.23. The van der Waals surface area contributed by atoms with Gasteiger partial charge in [0.05, 0.1) is 6.61 Å². The van der Waals surface area contributed by atoms with Crippen LogP contribution in [0.3, 0.4) is 0 Å². The van der Waals surface area contributed by atoms with Crippen molar-refractivity contribution < 1.29 is 13.9 Å². The van der Waals surface area contributed by atoms with Crippen molar-refractivity contribution in [2.45, 2.75) is 25.9 Å². The van der Waals surface area contributed by atoms with Gasteiger partial charge in [0.15, 0.2) is 0 Å². The minimum Gasteiger partial charge on any atom is -0.395 e. The highest BCUT2D eigenvalue weighted by Crippen LogP contribution is 2.18. The lowest BCUT2D eigenvalue weighted by molar-refractivity contribution is 0.242. The molecule has 0 unspecified atom stereocenters. The average molecular weight is 215 g/mol. The molecular weight excluding hydrogens is 200 g/mol. The summed E-state index contributed by atoms with van der Waals surface area (Å²) in [5.41, 5.74) is 0.273. The summed E-state index contributed by atoms with van der Waals surface area (Å²) < 4.78 is 26.2. The molecule has 84 valence electrons. The molecule has 1 aromatic rings. The molecule has 0 aliphatic rings. The predicted octanol–water partition coefficient (Wildman–Crippen LogP) is 2.00. The summed E-state index contributed by atoms with van der Waals surface area (Å²) in [6, 6.07) is 2.87. The predicted molar refractivity (Wildman–Crippen MR) is 54.5 cm³/mol. The summed E-state index contributed by atoms with van der Waals surface area (Å²) >= 11 is 0. The molecule has 0 aliphatic heterocycles. The fourth-order valence-electron chi connectivity index (χ4n) is 1.42. The van der Waals surface area contributed by atoms with E-state index in [0.717, 1.165) is 18.2 Å². The highest BCUT2D eigenvalue weighted by Gasteiger charge is 2.13. The smallest absolute Gasteiger partial charge is 0.128 e. The summed E-state index contributed by atoms with van der Waals surface area (Å²) in [6.45, 7) is 3.46. The second-order valence-electron chi connectivity index (χ2n) is 3.64. The maximum absolute atomic E-state index is 13.3. The first-order valence-electron chi connectivity index (χ1n) is 4.86. The van der Waals surface area contributed by atoms with E-state index in [9.17, 15) is 8.78 Å². The lowest BCUT2D eigenvalue weighted by Gasteiger charge is -2.19. The van der Waals surface area contributed by atoms with Crippen molar-refractivity contribution in [3.63, 3.8) is 0 Å². The van der Waals surface area contributed by atoms with Crippen LogP contribution in [0.25, 0.3) is 0 Å². The van der Waals surface area contributed by atoms with Gasteiger partial charge in [-0.25, -0.2) is 8.78 Å². The van der Waals surface area contributed by atoms with Crippen LogP contribution in [0.15, 0.2) is 18.2 Å². The molecule has 0 aromatic heterocycles. The molecule has 1 aromatic carbocycles. The zero-order valence-electron chi connectivity index (χ0n) is 8.80. The number of benzene rings is 1. The van der Waals surface area contributed by atoms with Gasteiger partial charge in [0, 0.05) is 17.6 Å². The van der Waals surface area contributed by atoms with Crippen molar-refractivity contribution in [2.24, 2.45) is 0 Å². The summed E-state index contributed by atoms with van der Waals surface area (Å²) in [5.74, 6) is -0.904. The van der Waals surface area contributed by atoms with E-state index >= 15 is 0 Å². The molecule has 0 saturated carbocycles. The van der Waals surface area contributed by atoms with E-state index in [1.165, 1.54) is 0 Å². The molecule has 0 saturated heterocycles. The molecule has 1 rings (SSSR count). The van der Waals surface area contributed by atoms with Gasteiger partial charge < -0.3 is 10.4 Å². The molecule has 15 heavy (non-hydrogen) atoms. The number of hydrogen-bond acceptors (Lipinski definition) is 2. The van der Waals surface area contributed by atoms with Gasteiger partial charge in [-0.1, -0.05) is 0 Å². The van der Waals surface area contributed by atoms with Crippen molar-refractivity contribution in [1.29, 1.82) is 0 Å². The molecule has 0 fully saturated rings. The van der Waals surface area contributed by atoms with Gasteiger partial charge in [-0.3, -0.25) is 0 Å². The molecule has 0 heterocycles. The van der Waals surface area contributed by atoms with Crippen LogP contribution in [0.1, 0.15) is 25.5 Å². The van der Waals surface area contributed by atoms with Crippen molar-refractivity contribution in [3.8, 4) is 0 Å². The summed E-state index contributed by atoms with van der Waals surface area (Å²) in [6.07, 6.45) is 0. The second-order valence-corrected chi connectivity index (χ2v) is 3.64. The molecule has 0 aliphatic carbocycles. The molecule has 2 nitrogen and oxygen atoms in total. The third kappa shape index (κ3) is 3.25. The Balaban J connectivity index is 2.80. The van der Waals surface area contributed by atoms with E-state index < -0.39 is 11.6 Å². The highest BCUT2D eigenvalue weighted by molar-refractivity contribution is 5.21. The Bertz CT molecular complexity index is 330. The summed E-state index contributed by atoms with van der Waals surface area (Å²) in [4.78, 5) is 0. The van der Waals surface area contributed by atoms with Crippen LogP contribution < -0.4 is 5.32 Å². The van der Waals surface area contributed by atoms with E-state index in [1.807, 2.05) is 0 Å². The fourth-order valence-corrected chi connectivity index (χ4v) is 1.42. The monoisotopic (exact) mass is 215 g/mol. The van der Waals surface area contributed by atoms with E-state index in [1.54, 1.807) is 13.8 Å². The van der Waals surface area contributed by atoms with Crippen LogP contribution in [0.5, 0.6) is 0 Å². The number of hydrogen-bond donors (Lipinski definition) is 2. The van der Waals surface area contributed by atoms with Crippen LogP contribution in [-0.4, -0.2) is 17.8 Å². The quantitative estimate of drug-likeness (QED) is 0.805. The van der Waals surface area contributed by atoms with Crippen LogP contribution in [0.2, 0.25) is 0 Å². The van der Waals surface area contributed by atoms with Crippen molar-refractivity contribution in [2.75, 3.05) is 6.61 Å². The first kappa shape index (κ1) is 12.1. The minimum atomic E-state index is -0.461. The molecule has 2 atom stereocenters. The van der Waals surface area contributed by atoms with Crippen LogP contribution in [0, 0.1) is 11.6 Å². The fraction of sp³-hybridized carbons (Fsp3) is 0.455. The Kier molecular flexibility index (Phi) is 4.17. The van der Waals surface area contributed by atoms with Crippen molar-refractivity contribution in [3.05, 3.63) is 35.4 Å². The number of nitrogens with one attached hydrogen (secondary N) is 1. The Morgan fingerprint density at radius 3 is 2.60 bits per heavy atom. The maximum atomic E-state index is 13.3. The second kappa shape index (κ2) is 5.19. The molecule has 0 radical (unpaired) electrons. The van der Waals surface area contributed by atoms with Crippen molar-refractivity contribution >= 4 is 0 Å². The van der Waals surface area contributed by atoms with E-state index in [4.69, 9.17) is 5.11 Å². The first-order chi connectivity index (χ1) is 7.04. The lowest BCUT2D eigenvalue weighted by atomic mass is 10.1. The van der Waals surface area contributed by atoms with Gasteiger partial charge in [-0.2, -0.15) is 0 Å². The molecule has 0 bridgehead atoms. The number of rotatable bonds is 4. The van der Waals surface area contributed by atoms with Gasteiger partial charge in [-0.05, 0) is 32.0 Å². The molecular formula is C11H15F2NO. The highest BCUT2D eigenvalue weighted by atomic mass is 19.1. The Morgan fingerprint density at radius 1 is 1.33 bits per heavy atom. The van der Waals surface area contributed by atoms with Gasteiger partial charge >= 0.3 is 0 Å². The van der Waals surface area contributed by atoms with Crippen LogP contribution in [-0.2, 0) is 0 Å².